The van der Waals surface area contributed by atoms with Crippen LogP contribution < -0.4 is 10.1 Å². The van der Waals surface area contributed by atoms with E-state index in [0.29, 0.717) is 6.04 Å². The summed E-state index contributed by atoms with van der Waals surface area (Å²) in [6.07, 6.45) is 4.82. The fourth-order valence-corrected chi connectivity index (χ4v) is 2.49. The minimum Gasteiger partial charge on any atom is -0.497 e. The van der Waals surface area contributed by atoms with Crippen LogP contribution in [-0.2, 0) is 0 Å². The maximum Gasteiger partial charge on any atom is 0.119 e. The number of nitrogens with one attached hydrogen (secondary N) is 1. The highest BCUT2D eigenvalue weighted by Crippen LogP contribution is 2.26. The molecule has 0 aromatic heterocycles. The van der Waals surface area contributed by atoms with Gasteiger partial charge in [-0.25, -0.2) is 0 Å². The Bertz CT molecular complexity index is 325. The Morgan fingerprint density at radius 3 is 2.50 bits per heavy atom. The Kier molecular flexibility index (Phi) is 3.94. The van der Waals surface area contributed by atoms with Gasteiger partial charge in [0, 0.05) is 11.7 Å². The van der Waals surface area contributed by atoms with Gasteiger partial charge in [-0.05, 0) is 37.1 Å². The third-order valence-corrected chi connectivity index (χ3v) is 3.65. The van der Waals surface area contributed by atoms with Crippen molar-refractivity contribution in [2.45, 2.75) is 37.1 Å². The molecular weight excluding hydrogens is 222 g/mol. The molecule has 2 nitrogen and oxygen atoms in total. The van der Waals surface area contributed by atoms with Gasteiger partial charge in [0.15, 0.2) is 0 Å². The van der Waals surface area contributed by atoms with E-state index in [1.54, 1.807) is 7.11 Å². The summed E-state index contributed by atoms with van der Waals surface area (Å²) in [5.41, 5.74) is 1.12. The molecule has 2 rings (SSSR count). The van der Waals surface area contributed by atoms with Crippen LogP contribution in [0.4, 0.5) is 5.69 Å². The SMILES string of the molecule is COc1ccc(N[C@@H]2CCCC[C@H]2Cl)cc1. The van der Waals surface area contributed by atoms with E-state index in [2.05, 4.69) is 5.32 Å². The van der Waals surface area contributed by atoms with E-state index in [0.717, 1.165) is 17.9 Å². The molecule has 0 heterocycles. The van der Waals surface area contributed by atoms with Crippen molar-refractivity contribution in [2.24, 2.45) is 0 Å². The van der Waals surface area contributed by atoms with E-state index in [9.17, 15) is 0 Å². The first-order valence-corrected chi connectivity index (χ1v) is 6.28. The molecule has 0 bridgehead atoms. The molecule has 3 heteroatoms. The molecule has 1 aliphatic rings. The smallest absolute Gasteiger partial charge is 0.119 e. The van der Waals surface area contributed by atoms with Crippen LogP contribution in [0.5, 0.6) is 5.75 Å². The molecule has 16 heavy (non-hydrogen) atoms. The zero-order valence-corrected chi connectivity index (χ0v) is 10.3. The second kappa shape index (κ2) is 5.44. The zero-order chi connectivity index (χ0) is 11.4. The van der Waals surface area contributed by atoms with E-state index in [-0.39, 0.29) is 5.38 Å². The maximum atomic E-state index is 6.30. The van der Waals surface area contributed by atoms with Crippen LogP contribution in [-0.4, -0.2) is 18.5 Å². The van der Waals surface area contributed by atoms with Crippen LogP contribution in [0.25, 0.3) is 0 Å². The summed E-state index contributed by atoms with van der Waals surface area (Å²) in [7, 11) is 1.68. The standard InChI is InChI=1S/C13H18ClNO/c1-16-11-8-6-10(7-9-11)15-13-5-3-2-4-12(13)14/h6-9,12-13,15H,2-5H2,1H3/t12-,13-/m1/s1. The normalized spacial score (nSPS) is 25.1. The van der Waals surface area contributed by atoms with Crippen molar-refractivity contribution < 1.29 is 4.74 Å². The monoisotopic (exact) mass is 239 g/mol. The molecule has 1 aliphatic carbocycles. The highest BCUT2D eigenvalue weighted by Gasteiger charge is 2.22. The fraction of sp³-hybridized carbons (Fsp3) is 0.538. The lowest BCUT2D eigenvalue weighted by atomic mass is 9.95. The van der Waals surface area contributed by atoms with E-state index < -0.39 is 0 Å². The van der Waals surface area contributed by atoms with E-state index >= 15 is 0 Å². The highest BCUT2D eigenvalue weighted by atomic mass is 35.5. The predicted molar refractivity (Wildman–Crippen MR) is 68.5 cm³/mol. The van der Waals surface area contributed by atoms with E-state index in [1.165, 1.54) is 19.3 Å². The second-order valence-electron chi connectivity index (χ2n) is 4.28. The summed E-state index contributed by atoms with van der Waals surface area (Å²) in [4.78, 5) is 0. The Labute approximate surface area is 102 Å². The van der Waals surface area contributed by atoms with Crippen LogP contribution >= 0.6 is 11.6 Å². The zero-order valence-electron chi connectivity index (χ0n) is 9.58. The summed E-state index contributed by atoms with van der Waals surface area (Å²) in [5, 5.41) is 3.75. The first kappa shape index (κ1) is 11.6. The van der Waals surface area contributed by atoms with Gasteiger partial charge in [0.25, 0.3) is 0 Å². The number of alkyl halides is 1. The van der Waals surface area contributed by atoms with Gasteiger partial charge >= 0.3 is 0 Å². The molecule has 1 N–H and O–H groups in total. The quantitative estimate of drug-likeness (QED) is 0.813. The fourth-order valence-electron chi connectivity index (χ4n) is 2.15. The molecule has 0 spiro atoms. The van der Waals surface area contributed by atoms with Gasteiger partial charge < -0.3 is 10.1 Å². The van der Waals surface area contributed by atoms with Crippen molar-refractivity contribution in [1.29, 1.82) is 0 Å². The van der Waals surface area contributed by atoms with Gasteiger partial charge in [-0.3, -0.25) is 0 Å². The van der Waals surface area contributed by atoms with Crippen LogP contribution in [0.2, 0.25) is 0 Å². The van der Waals surface area contributed by atoms with Crippen LogP contribution in [0.15, 0.2) is 24.3 Å². The van der Waals surface area contributed by atoms with Gasteiger partial charge in [-0.1, -0.05) is 12.8 Å². The molecule has 0 saturated heterocycles. The first-order valence-electron chi connectivity index (χ1n) is 5.84. The molecule has 1 fully saturated rings. The summed E-state index contributed by atoms with van der Waals surface area (Å²) >= 11 is 6.30. The minimum atomic E-state index is 0.260. The van der Waals surface area contributed by atoms with Gasteiger partial charge in [0.1, 0.15) is 5.75 Å². The van der Waals surface area contributed by atoms with Gasteiger partial charge in [-0.15, -0.1) is 11.6 Å². The lowest BCUT2D eigenvalue weighted by Gasteiger charge is -2.28. The van der Waals surface area contributed by atoms with Crippen LogP contribution in [0.3, 0.4) is 0 Å². The van der Waals surface area contributed by atoms with Crippen molar-refractivity contribution in [3.63, 3.8) is 0 Å². The maximum absolute atomic E-state index is 6.30. The minimum absolute atomic E-state index is 0.260. The summed E-state index contributed by atoms with van der Waals surface area (Å²) in [5.74, 6) is 0.886. The number of hydrogen-bond acceptors (Lipinski definition) is 2. The summed E-state index contributed by atoms with van der Waals surface area (Å²) in [6, 6.07) is 8.42. The van der Waals surface area contributed by atoms with E-state index in [1.807, 2.05) is 24.3 Å². The molecule has 1 aromatic rings. The lowest BCUT2D eigenvalue weighted by molar-refractivity contribution is 0.415. The van der Waals surface area contributed by atoms with Crippen molar-refractivity contribution in [3.05, 3.63) is 24.3 Å². The van der Waals surface area contributed by atoms with Crippen molar-refractivity contribution in [1.82, 2.24) is 0 Å². The molecular formula is C13H18ClNO. The number of hydrogen-bond donors (Lipinski definition) is 1. The molecule has 1 saturated carbocycles. The molecule has 0 radical (unpaired) electrons. The molecule has 0 aliphatic heterocycles. The van der Waals surface area contributed by atoms with E-state index in [4.69, 9.17) is 16.3 Å². The summed E-state index contributed by atoms with van der Waals surface area (Å²) < 4.78 is 5.13. The number of benzene rings is 1. The van der Waals surface area contributed by atoms with Gasteiger partial charge in [0.05, 0.1) is 12.5 Å². The lowest BCUT2D eigenvalue weighted by Crippen LogP contribution is -2.32. The van der Waals surface area contributed by atoms with Crippen molar-refractivity contribution >= 4 is 17.3 Å². The number of methoxy groups -OCH3 is 1. The Balaban J connectivity index is 1.96. The third kappa shape index (κ3) is 2.82. The van der Waals surface area contributed by atoms with Gasteiger partial charge in [-0.2, -0.15) is 0 Å². The molecule has 1 aromatic carbocycles. The second-order valence-corrected chi connectivity index (χ2v) is 4.84. The number of rotatable bonds is 3. The third-order valence-electron chi connectivity index (χ3n) is 3.12. The van der Waals surface area contributed by atoms with Crippen LogP contribution in [0, 0.1) is 0 Å². The number of ether oxygens (including phenoxy) is 1. The van der Waals surface area contributed by atoms with Crippen molar-refractivity contribution in [2.75, 3.05) is 12.4 Å². The summed E-state index contributed by atoms with van der Waals surface area (Å²) in [6.45, 7) is 0. The average molecular weight is 240 g/mol. The molecule has 0 amide bonds. The average Bonchev–Trinajstić information content (AvgIpc) is 2.33. The molecule has 2 atom stereocenters. The Hall–Kier alpha value is -0.890. The number of halogens is 1. The highest BCUT2D eigenvalue weighted by molar-refractivity contribution is 6.21. The molecule has 0 unspecified atom stereocenters. The van der Waals surface area contributed by atoms with Crippen molar-refractivity contribution in [3.8, 4) is 5.75 Å². The molecule has 88 valence electrons. The Morgan fingerprint density at radius 2 is 1.88 bits per heavy atom. The largest absolute Gasteiger partial charge is 0.497 e. The van der Waals surface area contributed by atoms with Crippen LogP contribution in [0.1, 0.15) is 25.7 Å². The van der Waals surface area contributed by atoms with Gasteiger partial charge in [0.2, 0.25) is 0 Å². The number of anilines is 1. The Morgan fingerprint density at radius 1 is 1.19 bits per heavy atom. The predicted octanol–water partition coefficient (Wildman–Crippen LogP) is 3.66. The first-order chi connectivity index (χ1) is 7.79. The topological polar surface area (TPSA) is 21.3 Å².